The summed E-state index contributed by atoms with van der Waals surface area (Å²) in [5.74, 6) is 0.279. The van der Waals surface area contributed by atoms with Crippen LogP contribution in [0.3, 0.4) is 0 Å². The summed E-state index contributed by atoms with van der Waals surface area (Å²) in [6.45, 7) is 4.15. The van der Waals surface area contributed by atoms with Crippen LogP contribution in [0.4, 0.5) is 35.1 Å². The van der Waals surface area contributed by atoms with Crippen LogP contribution in [0.15, 0.2) is 53.1 Å². The number of benzene rings is 1. The van der Waals surface area contributed by atoms with Gasteiger partial charge in [0.05, 0.1) is 29.5 Å². The van der Waals surface area contributed by atoms with Gasteiger partial charge >= 0.3 is 13.3 Å². The van der Waals surface area contributed by atoms with Gasteiger partial charge in [0.15, 0.2) is 5.67 Å². The molecule has 1 aliphatic heterocycles. The molecule has 4 aromatic rings. The summed E-state index contributed by atoms with van der Waals surface area (Å²) in [5.41, 5.74) is -1.14. The van der Waals surface area contributed by atoms with Gasteiger partial charge < -0.3 is 29.5 Å². The molecule has 1 aromatic carbocycles. The third-order valence-electron chi connectivity index (χ3n) is 6.44. The SMILES string of the molecule is CC(C)(F)c1nnc(-c2cnc(Nc3ccc4c(n3)C(C)(C)OB4OCC(F)(F)F)nc2N[C@H](CO)c2ccccc2)o1. The van der Waals surface area contributed by atoms with Crippen molar-refractivity contribution in [3.8, 4) is 11.5 Å². The molecule has 5 rings (SSSR count). The minimum absolute atomic E-state index is 0.0426. The van der Waals surface area contributed by atoms with Gasteiger partial charge in [-0.15, -0.1) is 10.2 Å². The number of aliphatic hydroxyl groups excluding tert-OH is 1. The van der Waals surface area contributed by atoms with Crippen molar-refractivity contribution < 1.29 is 36.4 Å². The molecule has 3 aromatic heterocycles. The molecule has 3 N–H and O–H groups in total. The maximum atomic E-state index is 14.5. The second-order valence-corrected chi connectivity index (χ2v) is 10.8. The van der Waals surface area contributed by atoms with E-state index >= 15 is 0 Å². The van der Waals surface area contributed by atoms with Crippen molar-refractivity contribution in [1.82, 2.24) is 25.1 Å². The highest BCUT2D eigenvalue weighted by Gasteiger charge is 2.46. The molecule has 43 heavy (non-hydrogen) atoms. The first-order valence-electron chi connectivity index (χ1n) is 13.2. The van der Waals surface area contributed by atoms with Crippen LogP contribution in [0, 0.1) is 0 Å². The Morgan fingerprint density at radius 2 is 1.79 bits per heavy atom. The quantitative estimate of drug-likeness (QED) is 0.174. The van der Waals surface area contributed by atoms with E-state index in [1.54, 1.807) is 19.9 Å². The maximum absolute atomic E-state index is 14.5. The monoisotopic (exact) mass is 601 g/mol. The average Bonchev–Trinajstić information content (AvgIpc) is 3.54. The zero-order chi connectivity index (χ0) is 31.0. The van der Waals surface area contributed by atoms with E-state index < -0.39 is 37.2 Å². The van der Waals surface area contributed by atoms with Crippen molar-refractivity contribution in [1.29, 1.82) is 0 Å². The van der Waals surface area contributed by atoms with Crippen LogP contribution in [-0.2, 0) is 20.6 Å². The van der Waals surface area contributed by atoms with Crippen LogP contribution >= 0.6 is 0 Å². The molecule has 0 saturated heterocycles. The lowest BCUT2D eigenvalue weighted by Gasteiger charge is -2.20. The van der Waals surface area contributed by atoms with Crippen molar-refractivity contribution in [3.63, 3.8) is 0 Å². The predicted octanol–water partition coefficient (Wildman–Crippen LogP) is 4.55. The fourth-order valence-corrected chi connectivity index (χ4v) is 4.37. The average molecular weight is 601 g/mol. The van der Waals surface area contributed by atoms with E-state index in [0.29, 0.717) is 11.2 Å². The third kappa shape index (κ3) is 6.92. The van der Waals surface area contributed by atoms with E-state index in [1.165, 1.54) is 26.1 Å². The molecule has 1 atom stereocenters. The number of aromatic nitrogens is 5. The molecule has 0 radical (unpaired) electrons. The summed E-state index contributed by atoms with van der Waals surface area (Å²) in [4.78, 5) is 13.4. The molecule has 0 fully saturated rings. The smallest absolute Gasteiger partial charge is 0.417 e. The second-order valence-electron chi connectivity index (χ2n) is 10.8. The van der Waals surface area contributed by atoms with Crippen molar-refractivity contribution in [2.45, 2.75) is 51.2 Å². The summed E-state index contributed by atoms with van der Waals surface area (Å²) in [7, 11) is -1.23. The molecule has 4 heterocycles. The van der Waals surface area contributed by atoms with Gasteiger partial charge in [0, 0.05) is 11.7 Å². The number of halogens is 4. The van der Waals surface area contributed by atoms with E-state index in [0.717, 1.165) is 5.56 Å². The van der Waals surface area contributed by atoms with Gasteiger partial charge in [0.2, 0.25) is 5.95 Å². The summed E-state index contributed by atoms with van der Waals surface area (Å²) < 4.78 is 68.9. The fraction of sp³-hybridized carbons (Fsp3) is 0.370. The normalized spacial score (nSPS) is 15.3. The van der Waals surface area contributed by atoms with Crippen LogP contribution in [0.1, 0.15) is 50.9 Å². The van der Waals surface area contributed by atoms with Gasteiger partial charge in [0.25, 0.3) is 11.8 Å². The fourth-order valence-electron chi connectivity index (χ4n) is 4.37. The molecule has 0 saturated carbocycles. The molecular formula is C27H28BF4N7O4. The third-order valence-corrected chi connectivity index (χ3v) is 6.44. The van der Waals surface area contributed by atoms with E-state index in [-0.39, 0.29) is 41.5 Å². The maximum Gasteiger partial charge on any atom is 0.496 e. The second kappa shape index (κ2) is 11.5. The van der Waals surface area contributed by atoms with Gasteiger partial charge in [0.1, 0.15) is 18.2 Å². The van der Waals surface area contributed by atoms with E-state index in [9.17, 15) is 22.7 Å². The van der Waals surface area contributed by atoms with Crippen LogP contribution in [-0.4, -0.2) is 56.8 Å². The summed E-state index contributed by atoms with van der Waals surface area (Å²) >= 11 is 0. The van der Waals surface area contributed by atoms with Gasteiger partial charge in [-0.05, 0) is 39.3 Å². The van der Waals surface area contributed by atoms with Crippen LogP contribution in [0.2, 0.25) is 0 Å². The van der Waals surface area contributed by atoms with Crippen molar-refractivity contribution in [2.75, 3.05) is 23.8 Å². The number of nitrogens with one attached hydrogen (secondary N) is 2. The Labute approximate surface area is 244 Å². The lowest BCUT2D eigenvalue weighted by atomic mass is 9.80. The molecule has 0 unspecified atom stereocenters. The molecule has 226 valence electrons. The first-order valence-corrected chi connectivity index (χ1v) is 13.2. The molecule has 0 amide bonds. The number of fused-ring (bicyclic) bond motifs is 1. The summed E-state index contributed by atoms with van der Waals surface area (Å²) in [6.07, 6.45) is -3.12. The number of pyridine rings is 1. The molecule has 1 aliphatic rings. The van der Waals surface area contributed by atoms with Gasteiger partial charge in [-0.25, -0.2) is 14.4 Å². The summed E-state index contributed by atoms with van der Waals surface area (Å²) in [5, 5.41) is 24.0. The van der Waals surface area contributed by atoms with Crippen LogP contribution in [0.25, 0.3) is 11.5 Å². The molecule has 0 bridgehead atoms. The van der Waals surface area contributed by atoms with Crippen LogP contribution in [0.5, 0.6) is 0 Å². The zero-order valence-corrected chi connectivity index (χ0v) is 23.6. The Hall–Kier alpha value is -4.15. The van der Waals surface area contributed by atoms with E-state index in [1.807, 2.05) is 30.3 Å². The van der Waals surface area contributed by atoms with Crippen molar-refractivity contribution in [2.24, 2.45) is 0 Å². The predicted molar refractivity (Wildman–Crippen MR) is 148 cm³/mol. The molecule has 11 nitrogen and oxygen atoms in total. The van der Waals surface area contributed by atoms with E-state index in [4.69, 9.17) is 13.7 Å². The highest BCUT2D eigenvalue weighted by atomic mass is 19.4. The number of anilines is 3. The first kappa shape index (κ1) is 30.3. The standard InChI is InChI=1S/C27H28BF4N7O4/c1-25(2,29)23-39-38-22(42-23)16-12-33-24(37-21(16)34-18(13-40)15-8-6-5-7-9-15)36-19-11-10-17-20(35-19)26(3,4)43-28(17)41-14-27(30,31)32/h5-12,18,40H,13-14H2,1-4H3,(H2,33,34,35,36,37)/t18-/m1/s1. The Morgan fingerprint density at radius 3 is 2.44 bits per heavy atom. The van der Waals surface area contributed by atoms with Gasteiger partial charge in [-0.1, -0.05) is 36.4 Å². The topological polar surface area (TPSA) is 140 Å². The number of nitrogens with zero attached hydrogens (tertiary/aromatic N) is 5. The van der Waals surface area contributed by atoms with Gasteiger partial charge in [-0.2, -0.15) is 18.2 Å². The largest absolute Gasteiger partial charge is 0.496 e. The Morgan fingerprint density at radius 1 is 1.05 bits per heavy atom. The zero-order valence-electron chi connectivity index (χ0n) is 23.6. The number of hydrogen-bond acceptors (Lipinski definition) is 11. The Balaban J connectivity index is 1.46. The number of rotatable bonds is 10. The molecule has 0 spiro atoms. The summed E-state index contributed by atoms with van der Waals surface area (Å²) in [6, 6.07) is 11.6. The Kier molecular flexibility index (Phi) is 8.11. The van der Waals surface area contributed by atoms with E-state index in [2.05, 4.69) is 35.8 Å². The Bertz CT molecular complexity index is 1580. The van der Waals surface area contributed by atoms with Crippen LogP contribution < -0.4 is 16.1 Å². The van der Waals surface area contributed by atoms with Crippen molar-refractivity contribution in [3.05, 3.63) is 65.8 Å². The molecular weight excluding hydrogens is 573 g/mol. The minimum Gasteiger partial charge on any atom is -0.417 e. The number of hydrogen-bond donors (Lipinski definition) is 3. The number of alkyl halides is 4. The van der Waals surface area contributed by atoms with Gasteiger partial charge in [-0.3, -0.25) is 0 Å². The first-order chi connectivity index (χ1) is 20.2. The highest BCUT2D eigenvalue weighted by Crippen LogP contribution is 2.34. The molecule has 0 aliphatic carbocycles. The highest BCUT2D eigenvalue weighted by molar-refractivity contribution is 6.63. The lowest BCUT2D eigenvalue weighted by Crippen LogP contribution is -2.36. The minimum atomic E-state index is -4.51. The number of aliphatic hydroxyl groups is 1. The molecule has 16 heteroatoms. The van der Waals surface area contributed by atoms with Crippen molar-refractivity contribution >= 4 is 30.2 Å². The lowest BCUT2D eigenvalue weighted by molar-refractivity contribution is -0.157.